The van der Waals surface area contributed by atoms with E-state index in [9.17, 15) is 4.79 Å². The van der Waals surface area contributed by atoms with Crippen LogP contribution in [0.15, 0.2) is 30.3 Å². The third kappa shape index (κ3) is 6.52. The highest BCUT2D eigenvalue weighted by molar-refractivity contribution is 5.74. The van der Waals surface area contributed by atoms with Gasteiger partial charge in [-0.2, -0.15) is 0 Å². The fraction of sp³-hybridized carbons (Fsp3) is 0.650. The number of rotatable bonds is 7. The van der Waals surface area contributed by atoms with E-state index in [1.54, 1.807) is 4.90 Å². The van der Waals surface area contributed by atoms with Gasteiger partial charge >= 0.3 is 6.03 Å². The van der Waals surface area contributed by atoms with Gasteiger partial charge in [0.15, 0.2) is 0 Å². The standard InChI is InChI=1S/C20H33N3O/c1-17-9-7-14-23(15-17)16-18(2)21-20(24)22(3)13-8-12-19-10-5-4-6-11-19/h4-6,10-11,17-18H,7-9,12-16H2,1-3H3,(H,21,24)/t17-,18+/m1/s1. The van der Waals surface area contributed by atoms with Crippen molar-refractivity contribution in [2.24, 2.45) is 5.92 Å². The van der Waals surface area contributed by atoms with Crippen LogP contribution in [0.4, 0.5) is 4.79 Å². The van der Waals surface area contributed by atoms with E-state index in [-0.39, 0.29) is 12.1 Å². The van der Waals surface area contributed by atoms with E-state index in [0.717, 1.165) is 44.9 Å². The van der Waals surface area contributed by atoms with Crippen LogP contribution in [0.5, 0.6) is 0 Å². The number of piperidine rings is 1. The summed E-state index contributed by atoms with van der Waals surface area (Å²) in [6.45, 7) is 8.48. The number of hydrogen-bond acceptors (Lipinski definition) is 2. The van der Waals surface area contributed by atoms with E-state index in [1.807, 2.05) is 13.1 Å². The van der Waals surface area contributed by atoms with Crippen LogP contribution in [0.1, 0.15) is 38.7 Å². The van der Waals surface area contributed by atoms with E-state index in [1.165, 1.54) is 18.4 Å². The molecule has 134 valence electrons. The molecule has 0 spiro atoms. The molecule has 0 aliphatic carbocycles. The first-order valence-corrected chi connectivity index (χ1v) is 9.32. The van der Waals surface area contributed by atoms with Crippen molar-refractivity contribution in [2.45, 2.75) is 45.6 Å². The Hall–Kier alpha value is -1.55. The second-order valence-electron chi connectivity index (χ2n) is 7.37. The molecule has 0 aromatic heterocycles. The Balaban J connectivity index is 1.65. The maximum Gasteiger partial charge on any atom is 0.317 e. The zero-order valence-corrected chi connectivity index (χ0v) is 15.5. The fourth-order valence-electron chi connectivity index (χ4n) is 3.47. The molecule has 0 saturated carbocycles. The molecule has 1 aromatic carbocycles. The van der Waals surface area contributed by atoms with Crippen LogP contribution in [-0.2, 0) is 6.42 Å². The van der Waals surface area contributed by atoms with Gasteiger partial charge in [0, 0.05) is 32.7 Å². The van der Waals surface area contributed by atoms with Crippen LogP contribution in [0.2, 0.25) is 0 Å². The first-order chi connectivity index (χ1) is 11.5. The minimum atomic E-state index is 0.0422. The highest BCUT2D eigenvalue weighted by atomic mass is 16.2. The van der Waals surface area contributed by atoms with Crippen molar-refractivity contribution < 1.29 is 4.79 Å². The largest absolute Gasteiger partial charge is 0.334 e. The van der Waals surface area contributed by atoms with Crippen molar-refractivity contribution in [3.05, 3.63) is 35.9 Å². The van der Waals surface area contributed by atoms with Gasteiger partial charge < -0.3 is 15.1 Å². The van der Waals surface area contributed by atoms with Gasteiger partial charge in [0.05, 0.1) is 0 Å². The molecule has 1 heterocycles. The highest BCUT2D eigenvalue weighted by Crippen LogP contribution is 2.15. The molecule has 1 saturated heterocycles. The Labute approximate surface area is 147 Å². The summed E-state index contributed by atoms with van der Waals surface area (Å²) in [4.78, 5) is 16.6. The minimum absolute atomic E-state index is 0.0422. The quantitative estimate of drug-likeness (QED) is 0.831. The Bertz CT molecular complexity index is 491. The van der Waals surface area contributed by atoms with Crippen LogP contribution >= 0.6 is 0 Å². The fourth-order valence-corrected chi connectivity index (χ4v) is 3.47. The minimum Gasteiger partial charge on any atom is -0.334 e. The number of carbonyl (C=O) groups excluding carboxylic acids is 1. The maximum absolute atomic E-state index is 12.3. The number of carbonyl (C=O) groups is 1. The molecule has 1 aliphatic heterocycles. The van der Waals surface area contributed by atoms with Crippen molar-refractivity contribution in [3.63, 3.8) is 0 Å². The van der Waals surface area contributed by atoms with Gasteiger partial charge in [-0.3, -0.25) is 0 Å². The molecule has 4 heteroatoms. The highest BCUT2D eigenvalue weighted by Gasteiger charge is 2.19. The van der Waals surface area contributed by atoms with Crippen molar-refractivity contribution in [1.29, 1.82) is 0 Å². The van der Waals surface area contributed by atoms with Crippen LogP contribution < -0.4 is 5.32 Å². The van der Waals surface area contributed by atoms with Gasteiger partial charge in [-0.15, -0.1) is 0 Å². The van der Waals surface area contributed by atoms with Gasteiger partial charge in [0.2, 0.25) is 0 Å². The number of nitrogens with one attached hydrogen (secondary N) is 1. The summed E-state index contributed by atoms with van der Waals surface area (Å²) < 4.78 is 0. The molecule has 2 amide bonds. The van der Waals surface area contributed by atoms with Gasteiger partial charge in [-0.25, -0.2) is 4.79 Å². The lowest BCUT2D eigenvalue weighted by atomic mass is 10.00. The van der Waals surface area contributed by atoms with E-state index < -0.39 is 0 Å². The molecular weight excluding hydrogens is 298 g/mol. The van der Waals surface area contributed by atoms with E-state index in [2.05, 4.69) is 48.3 Å². The number of nitrogens with zero attached hydrogens (tertiary/aromatic N) is 2. The smallest absolute Gasteiger partial charge is 0.317 e. The monoisotopic (exact) mass is 331 g/mol. The second kappa shape index (κ2) is 9.67. The summed E-state index contributed by atoms with van der Waals surface area (Å²) in [7, 11) is 1.88. The molecule has 2 atom stereocenters. The summed E-state index contributed by atoms with van der Waals surface area (Å²) in [6.07, 6.45) is 4.62. The number of likely N-dealkylation sites (tertiary alicyclic amines) is 1. The average molecular weight is 332 g/mol. The van der Waals surface area contributed by atoms with Gasteiger partial charge in [-0.1, -0.05) is 37.3 Å². The molecule has 1 N–H and O–H groups in total. The molecule has 1 aromatic rings. The average Bonchev–Trinajstić information content (AvgIpc) is 2.55. The van der Waals surface area contributed by atoms with Gasteiger partial charge in [-0.05, 0) is 50.6 Å². The van der Waals surface area contributed by atoms with Gasteiger partial charge in [0.25, 0.3) is 0 Å². The predicted molar refractivity (Wildman–Crippen MR) is 100 cm³/mol. The summed E-state index contributed by atoms with van der Waals surface area (Å²) in [5, 5.41) is 3.14. The molecule has 24 heavy (non-hydrogen) atoms. The zero-order chi connectivity index (χ0) is 17.4. The zero-order valence-electron chi connectivity index (χ0n) is 15.5. The molecular formula is C20H33N3O. The Morgan fingerprint density at radius 1 is 1.38 bits per heavy atom. The normalized spacial score (nSPS) is 19.7. The third-order valence-electron chi connectivity index (χ3n) is 4.79. The summed E-state index contributed by atoms with van der Waals surface area (Å²) in [5.41, 5.74) is 1.33. The topological polar surface area (TPSA) is 35.6 Å². The number of aryl methyl sites for hydroxylation is 1. The molecule has 0 radical (unpaired) electrons. The lowest BCUT2D eigenvalue weighted by Gasteiger charge is -2.33. The molecule has 1 aliphatic rings. The van der Waals surface area contributed by atoms with Crippen LogP contribution in [0, 0.1) is 5.92 Å². The molecule has 2 rings (SSSR count). The number of urea groups is 1. The third-order valence-corrected chi connectivity index (χ3v) is 4.79. The van der Waals surface area contributed by atoms with Crippen molar-refractivity contribution in [3.8, 4) is 0 Å². The summed E-state index contributed by atoms with van der Waals surface area (Å²) >= 11 is 0. The Kier molecular flexibility index (Phi) is 7.57. The number of hydrogen-bond donors (Lipinski definition) is 1. The van der Waals surface area contributed by atoms with Crippen LogP contribution in [0.3, 0.4) is 0 Å². The second-order valence-corrected chi connectivity index (χ2v) is 7.37. The SMILES string of the molecule is C[C@@H]1CCCN(C[C@H](C)NC(=O)N(C)CCCc2ccccc2)C1. The molecule has 4 nitrogen and oxygen atoms in total. The van der Waals surface area contributed by atoms with Crippen molar-refractivity contribution in [2.75, 3.05) is 33.2 Å². The predicted octanol–water partition coefficient (Wildman–Crippen LogP) is 3.38. The van der Waals surface area contributed by atoms with E-state index >= 15 is 0 Å². The van der Waals surface area contributed by atoms with E-state index in [4.69, 9.17) is 0 Å². The summed E-state index contributed by atoms with van der Waals surface area (Å²) in [6, 6.07) is 10.7. The summed E-state index contributed by atoms with van der Waals surface area (Å²) in [5.74, 6) is 0.780. The molecule has 0 bridgehead atoms. The maximum atomic E-state index is 12.3. The van der Waals surface area contributed by atoms with Crippen molar-refractivity contribution in [1.82, 2.24) is 15.1 Å². The first-order valence-electron chi connectivity index (χ1n) is 9.32. The number of benzene rings is 1. The van der Waals surface area contributed by atoms with Crippen LogP contribution in [0.25, 0.3) is 0 Å². The lowest BCUT2D eigenvalue weighted by Crippen LogP contribution is -2.48. The van der Waals surface area contributed by atoms with Gasteiger partial charge in [0.1, 0.15) is 0 Å². The lowest BCUT2D eigenvalue weighted by molar-refractivity contribution is 0.164. The van der Waals surface area contributed by atoms with E-state index in [0.29, 0.717) is 0 Å². The van der Waals surface area contributed by atoms with Crippen molar-refractivity contribution >= 4 is 6.03 Å². The molecule has 1 fully saturated rings. The Morgan fingerprint density at radius 2 is 2.12 bits per heavy atom. The Morgan fingerprint density at radius 3 is 2.83 bits per heavy atom. The first kappa shape index (κ1) is 18.8. The molecule has 0 unspecified atom stereocenters. The number of amides is 2. The van der Waals surface area contributed by atoms with Crippen LogP contribution in [-0.4, -0.2) is 55.1 Å².